The highest BCUT2D eigenvalue weighted by atomic mass is 15.3. The molecule has 0 atom stereocenters. The molecule has 2 heterocycles. The van der Waals surface area contributed by atoms with Crippen molar-refractivity contribution in [1.82, 2.24) is 14.8 Å². The zero-order valence-corrected chi connectivity index (χ0v) is 11.3. The number of pyridine rings is 1. The van der Waals surface area contributed by atoms with Gasteiger partial charge in [0.05, 0.1) is 11.9 Å². The van der Waals surface area contributed by atoms with Gasteiger partial charge in [0, 0.05) is 18.9 Å². The monoisotopic (exact) mass is 264 g/mol. The van der Waals surface area contributed by atoms with E-state index in [1.54, 1.807) is 10.9 Å². The lowest BCUT2D eigenvalue weighted by molar-refractivity contribution is 0.847. The number of nitrogens with zero attached hydrogens (tertiary/aromatic N) is 3. The molecule has 20 heavy (non-hydrogen) atoms. The van der Waals surface area contributed by atoms with E-state index in [1.807, 2.05) is 30.6 Å². The first kappa shape index (κ1) is 12.4. The molecule has 0 spiro atoms. The molecule has 4 nitrogen and oxygen atoms in total. The van der Waals surface area contributed by atoms with E-state index in [0.717, 1.165) is 18.1 Å². The second-order valence-electron chi connectivity index (χ2n) is 4.70. The molecule has 0 bridgehead atoms. The molecule has 1 N–H and O–H groups in total. The van der Waals surface area contributed by atoms with Gasteiger partial charge in [-0.25, -0.2) is 9.67 Å². The van der Waals surface area contributed by atoms with Gasteiger partial charge in [0.1, 0.15) is 0 Å². The first-order chi connectivity index (χ1) is 9.81. The Kier molecular flexibility index (Phi) is 3.46. The van der Waals surface area contributed by atoms with Gasteiger partial charge < -0.3 is 5.32 Å². The molecule has 3 rings (SSSR count). The van der Waals surface area contributed by atoms with Crippen LogP contribution in [0.25, 0.3) is 5.82 Å². The van der Waals surface area contributed by atoms with E-state index in [2.05, 4.69) is 46.6 Å². The Balaban J connectivity index is 1.67. The molecule has 0 amide bonds. The summed E-state index contributed by atoms with van der Waals surface area (Å²) in [5.41, 5.74) is 3.54. The molecule has 0 radical (unpaired) electrons. The summed E-state index contributed by atoms with van der Waals surface area (Å²) in [5.74, 6) is 0.816. The SMILES string of the molecule is Cc1cccc(CNc2ccc(-n3cccn3)nc2)c1. The van der Waals surface area contributed by atoms with Gasteiger partial charge in [-0.3, -0.25) is 0 Å². The third-order valence-corrected chi connectivity index (χ3v) is 3.07. The summed E-state index contributed by atoms with van der Waals surface area (Å²) in [7, 11) is 0. The second kappa shape index (κ2) is 5.57. The molecule has 0 aliphatic heterocycles. The lowest BCUT2D eigenvalue weighted by Gasteiger charge is -2.07. The largest absolute Gasteiger partial charge is 0.380 e. The van der Waals surface area contributed by atoms with Crippen LogP contribution in [0.1, 0.15) is 11.1 Å². The van der Waals surface area contributed by atoms with E-state index in [-0.39, 0.29) is 0 Å². The fourth-order valence-electron chi connectivity index (χ4n) is 2.06. The molecule has 0 aliphatic rings. The Morgan fingerprint density at radius 1 is 1.15 bits per heavy atom. The van der Waals surface area contributed by atoms with E-state index in [4.69, 9.17) is 0 Å². The summed E-state index contributed by atoms with van der Waals surface area (Å²) < 4.78 is 1.74. The molecule has 2 aromatic heterocycles. The maximum absolute atomic E-state index is 4.39. The predicted molar refractivity (Wildman–Crippen MR) is 79.9 cm³/mol. The Morgan fingerprint density at radius 2 is 2.10 bits per heavy atom. The van der Waals surface area contributed by atoms with Gasteiger partial charge in [0.25, 0.3) is 0 Å². The summed E-state index contributed by atoms with van der Waals surface area (Å²) in [5, 5.41) is 7.52. The van der Waals surface area contributed by atoms with E-state index in [1.165, 1.54) is 11.1 Å². The molecule has 0 aliphatic carbocycles. The number of anilines is 1. The van der Waals surface area contributed by atoms with Crippen LogP contribution >= 0.6 is 0 Å². The smallest absolute Gasteiger partial charge is 0.153 e. The fourth-order valence-corrected chi connectivity index (χ4v) is 2.06. The molecular formula is C16H16N4. The quantitative estimate of drug-likeness (QED) is 0.787. The van der Waals surface area contributed by atoms with Gasteiger partial charge in [-0.05, 0) is 30.7 Å². The minimum Gasteiger partial charge on any atom is -0.380 e. The van der Waals surface area contributed by atoms with Crippen molar-refractivity contribution in [2.24, 2.45) is 0 Å². The highest BCUT2D eigenvalue weighted by Gasteiger charge is 1.99. The van der Waals surface area contributed by atoms with Crippen molar-refractivity contribution in [3.8, 4) is 5.82 Å². The van der Waals surface area contributed by atoms with Gasteiger partial charge in [-0.2, -0.15) is 5.10 Å². The average molecular weight is 264 g/mol. The van der Waals surface area contributed by atoms with Crippen LogP contribution in [0.3, 0.4) is 0 Å². The fraction of sp³-hybridized carbons (Fsp3) is 0.125. The van der Waals surface area contributed by atoms with Crippen LogP contribution in [0.2, 0.25) is 0 Å². The van der Waals surface area contributed by atoms with Crippen LogP contribution in [0, 0.1) is 6.92 Å². The van der Waals surface area contributed by atoms with Crippen LogP contribution in [0.4, 0.5) is 5.69 Å². The number of aromatic nitrogens is 3. The van der Waals surface area contributed by atoms with Crippen LogP contribution in [0.5, 0.6) is 0 Å². The molecule has 0 unspecified atom stereocenters. The van der Waals surface area contributed by atoms with E-state index < -0.39 is 0 Å². The Hall–Kier alpha value is -2.62. The molecule has 100 valence electrons. The highest BCUT2D eigenvalue weighted by molar-refractivity contribution is 5.44. The summed E-state index contributed by atoms with van der Waals surface area (Å²) >= 11 is 0. The first-order valence-electron chi connectivity index (χ1n) is 6.57. The van der Waals surface area contributed by atoms with Crippen molar-refractivity contribution in [2.75, 3.05) is 5.32 Å². The maximum Gasteiger partial charge on any atom is 0.153 e. The van der Waals surface area contributed by atoms with Crippen LogP contribution < -0.4 is 5.32 Å². The van der Waals surface area contributed by atoms with Gasteiger partial charge in [0.2, 0.25) is 0 Å². The van der Waals surface area contributed by atoms with E-state index in [9.17, 15) is 0 Å². The molecule has 3 aromatic rings. The molecule has 4 heteroatoms. The molecule has 1 aromatic carbocycles. The number of hydrogen-bond acceptors (Lipinski definition) is 3. The van der Waals surface area contributed by atoms with Gasteiger partial charge in [0.15, 0.2) is 5.82 Å². The first-order valence-corrected chi connectivity index (χ1v) is 6.57. The summed E-state index contributed by atoms with van der Waals surface area (Å²) in [6, 6.07) is 14.3. The van der Waals surface area contributed by atoms with E-state index >= 15 is 0 Å². The maximum atomic E-state index is 4.39. The predicted octanol–water partition coefficient (Wildman–Crippen LogP) is 3.19. The number of hydrogen-bond donors (Lipinski definition) is 1. The third-order valence-electron chi connectivity index (χ3n) is 3.07. The number of nitrogens with one attached hydrogen (secondary N) is 1. The Morgan fingerprint density at radius 3 is 2.80 bits per heavy atom. The zero-order valence-electron chi connectivity index (χ0n) is 11.3. The van der Waals surface area contributed by atoms with Crippen LogP contribution in [0.15, 0.2) is 61.1 Å². The number of rotatable bonds is 4. The Bertz CT molecular complexity index is 672. The minimum atomic E-state index is 0.796. The van der Waals surface area contributed by atoms with Crippen LogP contribution in [-0.4, -0.2) is 14.8 Å². The van der Waals surface area contributed by atoms with Crippen molar-refractivity contribution >= 4 is 5.69 Å². The minimum absolute atomic E-state index is 0.796. The molecule has 0 fully saturated rings. The number of benzene rings is 1. The third kappa shape index (κ3) is 2.85. The van der Waals surface area contributed by atoms with E-state index in [0.29, 0.717) is 0 Å². The van der Waals surface area contributed by atoms with Crippen molar-refractivity contribution in [3.05, 3.63) is 72.2 Å². The lowest BCUT2D eigenvalue weighted by Crippen LogP contribution is -2.02. The summed E-state index contributed by atoms with van der Waals surface area (Å²) in [4.78, 5) is 4.39. The standard InChI is InChI=1S/C16H16N4/c1-13-4-2-5-14(10-13)11-17-15-6-7-16(18-12-15)20-9-3-8-19-20/h2-10,12,17H,11H2,1H3. The zero-order chi connectivity index (χ0) is 13.8. The second-order valence-corrected chi connectivity index (χ2v) is 4.70. The van der Waals surface area contributed by atoms with Crippen molar-refractivity contribution in [3.63, 3.8) is 0 Å². The van der Waals surface area contributed by atoms with Gasteiger partial charge in [-0.1, -0.05) is 29.8 Å². The molecular weight excluding hydrogens is 248 g/mol. The van der Waals surface area contributed by atoms with Crippen molar-refractivity contribution < 1.29 is 0 Å². The topological polar surface area (TPSA) is 42.7 Å². The Labute approximate surface area is 118 Å². The van der Waals surface area contributed by atoms with Crippen LogP contribution in [-0.2, 0) is 6.54 Å². The summed E-state index contributed by atoms with van der Waals surface area (Å²) in [6.45, 7) is 2.90. The lowest BCUT2D eigenvalue weighted by atomic mass is 10.1. The highest BCUT2D eigenvalue weighted by Crippen LogP contribution is 2.11. The van der Waals surface area contributed by atoms with Gasteiger partial charge >= 0.3 is 0 Å². The van der Waals surface area contributed by atoms with Gasteiger partial charge in [-0.15, -0.1) is 0 Å². The van der Waals surface area contributed by atoms with Crippen molar-refractivity contribution in [1.29, 1.82) is 0 Å². The number of aryl methyl sites for hydroxylation is 1. The molecule has 0 saturated heterocycles. The van der Waals surface area contributed by atoms with Crippen molar-refractivity contribution in [2.45, 2.75) is 13.5 Å². The normalized spacial score (nSPS) is 10.4. The summed E-state index contributed by atoms with van der Waals surface area (Å²) in [6.07, 6.45) is 5.45. The average Bonchev–Trinajstić information content (AvgIpc) is 3.00. The molecule has 0 saturated carbocycles.